The van der Waals surface area contributed by atoms with Gasteiger partial charge in [-0.15, -0.1) is 0 Å². The number of rotatable bonds is 2. The molecule has 0 saturated carbocycles. The molecule has 1 saturated heterocycles. The average molecular weight is 212 g/mol. The van der Waals surface area contributed by atoms with Crippen LogP contribution in [0.3, 0.4) is 0 Å². The lowest BCUT2D eigenvalue weighted by molar-refractivity contribution is 0.233. The van der Waals surface area contributed by atoms with Gasteiger partial charge in [0.25, 0.3) is 0 Å². The molecule has 0 atom stereocenters. The summed E-state index contributed by atoms with van der Waals surface area (Å²) in [5.74, 6) is 0. The molecule has 2 rings (SSSR count). The van der Waals surface area contributed by atoms with Gasteiger partial charge in [0.2, 0.25) is 0 Å². The Morgan fingerprint density at radius 1 is 1.43 bits per heavy atom. The highest BCUT2D eigenvalue weighted by molar-refractivity contribution is 6.29. The van der Waals surface area contributed by atoms with Crippen LogP contribution in [0.25, 0.3) is 0 Å². The third kappa shape index (κ3) is 2.67. The maximum Gasteiger partial charge on any atom is 0.129 e. The second kappa shape index (κ2) is 4.73. The van der Waals surface area contributed by atoms with Crippen molar-refractivity contribution in [2.75, 3.05) is 26.2 Å². The van der Waals surface area contributed by atoms with E-state index in [4.69, 9.17) is 11.6 Å². The van der Waals surface area contributed by atoms with Crippen molar-refractivity contribution in [3.63, 3.8) is 0 Å². The van der Waals surface area contributed by atoms with E-state index in [1.165, 1.54) is 5.56 Å². The zero-order valence-electron chi connectivity index (χ0n) is 8.04. The Labute approximate surface area is 89.1 Å². The number of hydrogen-bond donors (Lipinski definition) is 1. The number of pyridine rings is 1. The van der Waals surface area contributed by atoms with Crippen LogP contribution in [0.4, 0.5) is 0 Å². The quantitative estimate of drug-likeness (QED) is 0.744. The minimum atomic E-state index is 0.581. The summed E-state index contributed by atoms with van der Waals surface area (Å²) < 4.78 is 0. The first-order valence-corrected chi connectivity index (χ1v) is 5.26. The Hall–Kier alpha value is -0.640. The minimum absolute atomic E-state index is 0.581. The Balaban J connectivity index is 1.95. The fourth-order valence-electron chi connectivity index (χ4n) is 1.67. The van der Waals surface area contributed by atoms with Crippen LogP contribution in [0.15, 0.2) is 18.3 Å². The van der Waals surface area contributed by atoms with Crippen molar-refractivity contribution in [3.05, 3.63) is 29.0 Å². The summed E-state index contributed by atoms with van der Waals surface area (Å²) in [6.07, 6.45) is 1.76. The Morgan fingerprint density at radius 3 is 2.93 bits per heavy atom. The SMILES string of the molecule is Clc1cc(CN2CCNCC2)ccn1. The molecular weight excluding hydrogens is 198 g/mol. The van der Waals surface area contributed by atoms with Crippen molar-refractivity contribution in [1.29, 1.82) is 0 Å². The van der Waals surface area contributed by atoms with Gasteiger partial charge < -0.3 is 5.32 Å². The van der Waals surface area contributed by atoms with Crippen LogP contribution in [0, 0.1) is 0 Å². The van der Waals surface area contributed by atoms with E-state index in [0.29, 0.717) is 5.15 Å². The van der Waals surface area contributed by atoms with Gasteiger partial charge in [-0.1, -0.05) is 11.6 Å². The van der Waals surface area contributed by atoms with Gasteiger partial charge in [0.15, 0.2) is 0 Å². The molecule has 0 amide bonds. The molecule has 1 N–H and O–H groups in total. The number of aromatic nitrogens is 1. The van der Waals surface area contributed by atoms with Crippen LogP contribution in [0.1, 0.15) is 5.56 Å². The standard InChI is InChI=1S/C10H14ClN3/c11-10-7-9(1-2-13-10)8-14-5-3-12-4-6-14/h1-2,7,12H,3-6,8H2. The van der Waals surface area contributed by atoms with Crippen LogP contribution in [0.2, 0.25) is 5.15 Å². The summed E-state index contributed by atoms with van der Waals surface area (Å²) in [5, 5.41) is 3.91. The molecule has 0 spiro atoms. The van der Waals surface area contributed by atoms with E-state index < -0.39 is 0 Å². The number of halogens is 1. The summed E-state index contributed by atoms with van der Waals surface area (Å²) in [6.45, 7) is 5.36. The molecule has 76 valence electrons. The van der Waals surface area contributed by atoms with Crippen molar-refractivity contribution in [2.45, 2.75) is 6.54 Å². The molecule has 1 aliphatic rings. The summed E-state index contributed by atoms with van der Waals surface area (Å²) in [6, 6.07) is 3.96. The summed E-state index contributed by atoms with van der Waals surface area (Å²) in [5.41, 5.74) is 1.24. The molecule has 0 unspecified atom stereocenters. The van der Waals surface area contributed by atoms with E-state index in [0.717, 1.165) is 32.7 Å². The molecule has 14 heavy (non-hydrogen) atoms. The lowest BCUT2D eigenvalue weighted by atomic mass is 10.2. The van der Waals surface area contributed by atoms with Gasteiger partial charge in [0.1, 0.15) is 5.15 Å². The summed E-state index contributed by atoms with van der Waals surface area (Å²) in [7, 11) is 0. The average Bonchev–Trinajstić information content (AvgIpc) is 2.19. The first kappa shape index (κ1) is 9.90. The topological polar surface area (TPSA) is 28.2 Å². The van der Waals surface area contributed by atoms with Crippen molar-refractivity contribution < 1.29 is 0 Å². The first-order chi connectivity index (χ1) is 6.84. The molecule has 0 radical (unpaired) electrons. The maximum absolute atomic E-state index is 5.82. The summed E-state index contributed by atoms with van der Waals surface area (Å²) in [4.78, 5) is 6.39. The minimum Gasteiger partial charge on any atom is -0.314 e. The van der Waals surface area contributed by atoms with Crippen LogP contribution in [-0.2, 0) is 6.54 Å². The fourth-order valence-corrected chi connectivity index (χ4v) is 1.86. The van der Waals surface area contributed by atoms with Crippen LogP contribution >= 0.6 is 11.6 Å². The normalized spacial score (nSPS) is 18.4. The van der Waals surface area contributed by atoms with Crippen LogP contribution in [0.5, 0.6) is 0 Å². The highest BCUT2D eigenvalue weighted by atomic mass is 35.5. The monoisotopic (exact) mass is 211 g/mol. The molecule has 3 nitrogen and oxygen atoms in total. The van der Waals surface area contributed by atoms with E-state index in [9.17, 15) is 0 Å². The molecule has 0 aromatic carbocycles. The lowest BCUT2D eigenvalue weighted by Crippen LogP contribution is -2.42. The largest absolute Gasteiger partial charge is 0.314 e. The summed E-state index contributed by atoms with van der Waals surface area (Å²) >= 11 is 5.82. The van der Waals surface area contributed by atoms with Gasteiger partial charge in [-0.05, 0) is 17.7 Å². The second-order valence-electron chi connectivity index (χ2n) is 3.51. The number of nitrogens with one attached hydrogen (secondary N) is 1. The molecule has 1 fully saturated rings. The zero-order valence-corrected chi connectivity index (χ0v) is 8.80. The third-order valence-corrected chi connectivity index (χ3v) is 2.61. The Morgan fingerprint density at radius 2 is 2.21 bits per heavy atom. The van der Waals surface area contributed by atoms with Crippen molar-refractivity contribution in [1.82, 2.24) is 15.2 Å². The van der Waals surface area contributed by atoms with E-state index >= 15 is 0 Å². The molecule has 0 aliphatic carbocycles. The predicted molar refractivity (Wildman–Crippen MR) is 57.4 cm³/mol. The fraction of sp³-hybridized carbons (Fsp3) is 0.500. The molecular formula is C10H14ClN3. The Bertz CT molecular complexity index is 297. The smallest absolute Gasteiger partial charge is 0.129 e. The van der Waals surface area contributed by atoms with Crippen molar-refractivity contribution in [3.8, 4) is 0 Å². The molecule has 2 heterocycles. The highest BCUT2D eigenvalue weighted by Crippen LogP contribution is 2.09. The van der Waals surface area contributed by atoms with Gasteiger partial charge in [0, 0.05) is 38.9 Å². The number of hydrogen-bond acceptors (Lipinski definition) is 3. The van der Waals surface area contributed by atoms with E-state index in [1.807, 2.05) is 12.1 Å². The van der Waals surface area contributed by atoms with Crippen molar-refractivity contribution >= 4 is 11.6 Å². The van der Waals surface area contributed by atoms with Gasteiger partial charge in [-0.25, -0.2) is 4.98 Å². The van der Waals surface area contributed by atoms with E-state index in [-0.39, 0.29) is 0 Å². The van der Waals surface area contributed by atoms with Gasteiger partial charge in [-0.2, -0.15) is 0 Å². The highest BCUT2D eigenvalue weighted by Gasteiger charge is 2.09. The van der Waals surface area contributed by atoms with Gasteiger partial charge in [0.05, 0.1) is 0 Å². The van der Waals surface area contributed by atoms with Crippen molar-refractivity contribution in [2.24, 2.45) is 0 Å². The molecule has 1 aromatic heterocycles. The van der Waals surface area contributed by atoms with E-state index in [2.05, 4.69) is 15.2 Å². The molecule has 1 aromatic rings. The van der Waals surface area contributed by atoms with Gasteiger partial charge >= 0.3 is 0 Å². The molecule has 1 aliphatic heterocycles. The molecule has 0 bridgehead atoms. The third-order valence-electron chi connectivity index (χ3n) is 2.41. The maximum atomic E-state index is 5.82. The zero-order chi connectivity index (χ0) is 9.80. The predicted octanol–water partition coefficient (Wildman–Crippen LogP) is 1.14. The Kier molecular flexibility index (Phi) is 3.35. The lowest BCUT2D eigenvalue weighted by Gasteiger charge is -2.27. The van der Waals surface area contributed by atoms with Gasteiger partial charge in [-0.3, -0.25) is 4.90 Å². The van der Waals surface area contributed by atoms with E-state index in [1.54, 1.807) is 6.20 Å². The second-order valence-corrected chi connectivity index (χ2v) is 3.90. The number of piperazine rings is 1. The van der Waals surface area contributed by atoms with Crippen LogP contribution < -0.4 is 5.32 Å². The van der Waals surface area contributed by atoms with Crippen LogP contribution in [-0.4, -0.2) is 36.1 Å². The molecule has 4 heteroatoms. The first-order valence-electron chi connectivity index (χ1n) is 4.88. The number of nitrogens with zero attached hydrogens (tertiary/aromatic N) is 2.